The first-order valence-electron chi connectivity index (χ1n) is 11.6. The number of piperidine rings is 1. The number of Topliss-reactive ketones (excluding diaryl/α,β-unsaturated/α-hetero) is 1. The molecule has 0 spiro atoms. The van der Waals surface area contributed by atoms with Crippen molar-refractivity contribution in [3.63, 3.8) is 0 Å². The Balaban J connectivity index is 1.49. The Hall–Kier alpha value is -3.27. The van der Waals surface area contributed by atoms with Crippen LogP contribution in [0, 0.1) is 11.7 Å². The topological polar surface area (TPSA) is 104 Å². The fourth-order valence-electron chi connectivity index (χ4n) is 4.50. The Morgan fingerprint density at radius 3 is 2.51 bits per heavy atom. The highest BCUT2D eigenvalue weighted by Gasteiger charge is 2.35. The normalized spacial score (nSPS) is 18.1. The first-order valence-corrected chi connectivity index (χ1v) is 13.9. The number of carbonyl (C=O) groups is 2. The summed E-state index contributed by atoms with van der Waals surface area (Å²) in [7, 11) is -3.47. The van der Waals surface area contributed by atoms with Crippen LogP contribution in [0.25, 0.3) is 11.1 Å². The maximum atomic E-state index is 14.1. The number of β-amino-alcohol motifs (C(OH)–C–C–N with tert-alkyl or cyclic N) is 1. The van der Waals surface area contributed by atoms with Gasteiger partial charge in [0, 0.05) is 35.0 Å². The van der Waals surface area contributed by atoms with E-state index in [0.29, 0.717) is 16.9 Å². The molecule has 1 fully saturated rings. The predicted molar refractivity (Wildman–Crippen MR) is 142 cm³/mol. The molecule has 0 unspecified atom stereocenters. The number of para-hydroxylation sites is 1. The number of ketones is 1. The van der Waals surface area contributed by atoms with Gasteiger partial charge in [0.25, 0.3) is 0 Å². The molecule has 0 bridgehead atoms. The summed E-state index contributed by atoms with van der Waals surface area (Å²) in [5.41, 5.74) is 2.58. The molecule has 194 valence electrons. The molecule has 37 heavy (non-hydrogen) atoms. The Labute approximate surface area is 219 Å². The van der Waals surface area contributed by atoms with Gasteiger partial charge in [0.1, 0.15) is 11.6 Å². The van der Waals surface area contributed by atoms with Crippen LogP contribution in [-0.2, 0) is 26.0 Å². The molecular weight excluding hydrogens is 519 g/mol. The summed E-state index contributed by atoms with van der Waals surface area (Å²) in [5, 5.41) is 10.7. The van der Waals surface area contributed by atoms with Crippen LogP contribution in [0.3, 0.4) is 0 Å². The maximum absolute atomic E-state index is 14.1. The molecule has 0 saturated carbocycles. The largest absolute Gasteiger partial charge is 0.391 e. The molecule has 3 aromatic rings. The number of carbonyl (C=O) groups excluding carboxylic acids is 2. The lowest BCUT2D eigenvalue weighted by molar-refractivity contribution is -0.130. The minimum atomic E-state index is -3.47. The molecule has 0 radical (unpaired) electrons. The van der Waals surface area contributed by atoms with Crippen LogP contribution in [0.1, 0.15) is 18.4 Å². The van der Waals surface area contributed by atoms with E-state index in [1.807, 2.05) is 0 Å². The van der Waals surface area contributed by atoms with Gasteiger partial charge in [-0.1, -0.05) is 48.0 Å². The number of halogens is 2. The molecule has 0 aromatic heterocycles. The number of nitrogens with zero attached hydrogens (tertiary/aromatic N) is 1. The lowest BCUT2D eigenvalue weighted by Crippen LogP contribution is -2.48. The van der Waals surface area contributed by atoms with Crippen molar-refractivity contribution in [2.75, 3.05) is 22.4 Å². The molecule has 10 heteroatoms. The van der Waals surface area contributed by atoms with Crippen LogP contribution < -0.4 is 9.62 Å². The van der Waals surface area contributed by atoms with E-state index in [4.69, 9.17) is 11.6 Å². The SMILES string of the molecule is CS(=O)(=O)Nc1ccccc1-c1ccc(N2C[C@H](O)C[C@@H](CC(=O)Cc3ccc(Cl)cc3F)C2=O)cc1. The fourth-order valence-corrected chi connectivity index (χ4v) is 5.23. The molecular formula is C27H26ClFN2O5S. The summed E-state index contributed by atoms with van der Waals surface area (Å²) in [6.07, 6.45) is 0.123. The van der Waals surface area contributed by atoms with Gasteiger partial charge in [0.15, 0.2) is 0 Å². The summed E-state index contributed by atoms with van der Waals surface area (Å²) in [4.78, 5) is 27.3. The third-order valence-corrected chi connectivity index (χ3v) is 6.98. The first kappa shape index (κ1) is 26.8. The van der Waals surface area contributed by atoms with Crippen molar-refractivity contribution in [2.24, 2.45) is 5.92 Å². The van der Waals surface area contributed by atoms with Crippen molar-refractivity contribution in [3.8, 4) is 11.1 Å². The van der Waals surface area contributed by atoms with E-state index in [0.717, 1.165) is 17.9 Å². The first-order chi connectivity index (χ1) is 17.5. The lowest BCUT2D eigenvalue weighted by atomic mass is 9.88. The van der Waals surface area contributed by atoms with Crippen LogP contribution in [0.5, 0.6) is 0 Å². The fraction of sp³-hybridized carbons (Fsp3) is 0.259. The summed E-state index contributed by atoms with van der Waals surface area (Å²) < 4.78 is 40.0. The zero-order chi connectivity index (χ0) is 26.7. The molecule has 1 aliphatic rings. The van der Waals surface area contributed by atoms with Crippen molar-refractivity contribution in [2.45, 2.75) is 25.4 Å². The van der Waals surface area contributed by atoms with Crippen molar-refractivity contribution >= 4 is 44.7 Å². The highest BCUT2D eigenvalue weighted by atomic mass is 35.5. The van der Waals surface area contributed by atoms with Gasteiger partial charge in [-0.15, -0.1) is 0 Å². The smallest absolute Gasteiger partial charge is 0.230 e. The van der Waals surface area contributed by atoms with Crippen molar-refractivity contribution in [3.05, 3.63) is 83.1 Å². The van der Waals surface area contributed by atoms with Crippen molar-refractivity contribution in [1.82, 2.24) is 0 Å². The summed E-state index contributed by atoms with van der Waals surface area (Å²) in [6, 6.07) is 18.0. The van der Waals surface area contributed by atoms with E-state index >= 15 is 0 Å². The third-order valence-electron chi connectivity index (χ3n) is 6.15. The van der Waals surface area contributed by atoms with Crippen LogP contribution in [-0.4, -0.2) is 44.1 Å². The Kier molecular flexibility index (Phi) is 7.96. The molecule has 1 saturated heterocycles. The third kappa shape index (κ3) is 6.74. The number of sulfonamides is 1. The Bertz CT molecular complexity index is 1430. The number of anilines is 2. The molecule has 4 rings (SSSR count). The maximum Gasteiger partial charge on any atom is 0.230 e. The van der Waals surface area contributed by atoms with Crippen LogP contribution in [0.15, 0.2) is 66.7 Å². The molecule has 1 heterocycles. The number of nitrogens with one attached hydrogen (secondary N) is 1. The van der Waals surface area contributed by atoms with Gasteiger partial charge in [-0.2, -0.15) is 0 Å². The molecule has 1 amide bonds. The molecule has 0 aliphatic carbocycles. The summed E-state index contributed by atoms with van der Waals surface area (Å²) in [6.45, 7) is 0.0842. The van der Waals surface area contributed by atoms with E-state index in [-0.39, 0.29) is 48.1 Å². The number of benzene rings is 3. The zero-order valence-corrected chi connectivity index (χ0v) is 21.6. The van der Waals surface area contributed by atoms with Gasteiger partial charge in [0.05, 0.1) is 24.6 Å². The second kappa shape index (κ2) is 11.0. The van der Waals surface area contributed by atoms with E-state index in [1.54, 1.807) is 48.5 Å². The predicted octanol–water partition coefficient (Wildman–Crippen LogP) is 4.43. The summed E-state index contributed by atoms with van der Waals surface area (Å²) in [5.74, 6) is -1.90. The Morgan fingerprint density at radius 2 is 1.84 bits per heavy atom. The van der Waals surface area contributed by atoms with Crippen LogP contribution >= 0.6 is 11.6 Å². The molecule has 3 aromatic carbocycles. The summed E-state index contributed by atoms with van der Waals surface area (Å²) >= 11 is 5.77. The molecule has 2 N–H and O–H groups in total. The van der Waals surface area contributed by atoms with Crippen molar-refractivity contribution in [1.29, 1.82) is 0 Å². The monoisotopic (exact) mass is 544 g/mol. The van der Waals surface area contributed by atoms with Gasteiger partial charge < -0.3 is 10.0 Å². The second-order valence-corrected chi connectivity index (χ2v) is 11.3. The van der Waals surface area contributed by atoms with E-state index in [1.165, 1.54) is 17.0 Å². The highest BCUT2D eigenvalue weighted by molar-refractivity contribution is 7.92. The number of amides is 1. The lowest BCUT2D eigenvalue weighted by Gasteiger charge is -2.35. The number of aliphatic hydroxyl groups is 1. The number of rotatable bonds is 8. The number of hydrogen-bond acceptors (Lipinski definition) is 5. The van der Waals surface area contributed by atoms with Gasteiger partial charge >= 0.3 is 0 Å². The standard InChI is InChI=1S/C27H26ClFN2O5S/c1-37(35,36)30-26-5-3-2-4-24(26)17-7-10-21(11-8-17)31-16-23(33)14-19(27(31)34)13-22(32)12-18-6-9-20(28)15-25(18)29/h2-11,15,19,23,30,33H,12-14,16H2,1H3/t19-,23-/m1/s1. The minimum Gasteiger partial charge on any atom is -0.391 e. The highest BCUT2D eigenvalue weighted by Crippen LogP contribution is 2.32. The van der Waals surface area contributed by atoms with E-state index in [9.17, 15) is 27.5 Å². The quantitative estimate of drug-likeness (QED) is 0.436. The number of hydrogen-bond donors (Lipinski definition) is 2. The van der Waals surface area contributed by atoms with Crippen LogP contribution in [0.2, 0.25) is 5.02 Å². The van der Waals surface area contributed by atoms with E-state index < -0.39 is 27.9 Å². The van der Waals surface area contributed by atoms with Gasteiger partial charge in [-0.3, -0.25) is 14.3 Å². The average Bonchev–Trinajstić information content (AvgIpc) is 2.82. The zero-order valence-electron chi connectivity index (χ0n) is 20.0. The minimum absolute atomic E-state index is 0.0842. The molecule has 7 nitrogen and oxygen atoms in total. The van der Waals surface area contributed by atoms with Gasteiger partial charge in [-0.25, -0.2) is 12.8 Å². The second-order valence-electron chi connectivity index (χ2n) is 9.16. The van der Waals surface area contributed by atoms with Crippen LogP contribution in [0.4, 0.5) is 15.8 Å². The number of aliphatic hydroxyl groups excluding tert-OH is 1. The van der Waals surface area contributed by atoms with E-state index in [2.05, 4.69) is 4.72 Å². The Morgan fingerprint density at radius 1 is 1.14 bits per heavy atom. The van der Waals surface area contributed by atoms with Crippen molar-refractivity contribution < 1.29 is 27.5 Å². The average molecular weight is 545 g/mol. The molecule has 2 atom stereocenters. The van der Waals surface area contributed by atoms with Gasteiger partial charge in [-0.05, 0) is 47.9 Å². The molecule has 1 aliphatic heterocycles. The van der Waals surface area contributed by atoms with Gasteiger partial charge in [0.2, 0.25) is 15.9 Å².